The Labute approximate surface area is 248 Å². The molecule has 216 valence electrons. The summed E-state index contributed by atoms with van der Waals surface area (Å²) in [6.07, 6.45) is 8.44. The second kappa shape index (κ2) is 11.4. The molecule has 1 unspecified atom stereocenters. The molecule has 1 N–H and O–H groups in total. The first kappa shape index (κ1) is 28.2. The highest BCUT2D eigenvalue weighted by Gasteiger charge is 2.64. The fourth-order valence-electron chi connectivity index (χ4n) is 7.54. The summed E-state index contributed by atoms with van der Waals surface area (Å²) in [4.78, 5) is 9.18. The lowest BCUT2D eigenvalue weighted by Gasteiger charge is -2.56. The summed E-state index contributed by atoms with van der Waals surface area (Å²) < 4.78 is 11.8. The summed E-state index contributed by atoms with van der Waals surface area (Å²) in [7, 11) is 8.10. The third kappa shape index (κ3) is 4.95. The van der Waals surface area contributed by atoms with Crippen LogP contribution in [-0.4, -0.2) is 79.5 Å². The van der Waals surface area contributed by atoms with Crippen molar-refractivity contribution in [3.8, 4) is 11.5 Å². The van der Waals surface area contributed by atoms with Gasteiger partial charge in [-0.1, -0.05) is 48.0 Å². The van der Waals surface area contributed by atoms with Gasteiger partial charge in [-0.3, -0.25) is 4.98 Å². The predicted molar refractivity (Wildman–Crippen MR) is 163 cm³/mol. The monoisotopic (exact) mass is 573 g/mol. The summed E-state index contributed by atoms with van der Waals surface area (Å²) in [5.74, 6) is 2.41. The van der Waals surface area contributed by atoms with Gasteiger partial charge in [-0.05, 0) is 95.0 Å². The molecule has 2 aromatic carbocycles. The Balaban J connectivity index is 0.000000150. The lowest BCUT2D eigenvalue weighted by molar-refractivity contribution is -0.0453. The van der Waals surface area contributed by atoms with Crippen LogP contribution in [0.15, 0.2) is 72.9 Å². The molecule has 3 heterocycles. The molecular formula is C34H40ClN3O3. The van der Waals surface area contributed by atoms with Gasteiger partial charge in [-0.15, -0.1) is 0 Å². The molecule has 6 nitrogen and oxygen atoms in total. The summed E-state index contributed by atoms with van der Waals surface area (Å²) in [5, 5.41) is 11.3. The fourth-order valence-corrected chi connectivity index (χ4v) is 7.66. The second-order valence-corrected chi connectivity index (χ2v) is 12.5. The van der Waals surface area contributed by atoms with Crippen molar-refractivity contribution in [1.29, 1.82) is 0 Å². The standard InChI is InChI=1S/C18H21NO3.C16H19ClN2/c1-19-8-7-18-11-4-5-13(20)17(18)22-16-14(21-2)6-3-10(15(16)18)9-12(11)19;1-19(2)12-10-15(16-5-3-4-11-18-16)13-6-8-14(17)9-7-13/h3-6,11-13,17,20H,7-9H2,1-2H3;3-9,11,15H,10,12H2,1-2H3/t11-,12+,13-,17-,18-;/m0./s1. The van der Waals surface area contributed by atoms with Crippen LogP contribution in [0.1, 0.15) is 41.1 Å². The SMILES string of the molecule is CN(C)CCC(c1ccc(Cl)cc1)c1ccccn1.COc1ccc2c3c1O[C@H]1[C@@H](O)C=C[C@H]4[C@@H](C2)N(C)CC[C@@]341. The van der Waals surface area contributed by atoms with Crippen molar-refractivity contribution in [2.24, 2.45) is 5.92 Å². The Kier molecular flexibility index (Phi) is 7.86. The summed E-state index contributed by atoms with van der Waals surface area (Å²) in [6, 6.07) is 18.9. The van der Waals surface area contributed by atoms with Gasteiger partial charge in [0.05, 0.1) is 7.11 Å². The molecule has 4 aliphatic rings. The fraction of sp³-hybridized carbons (Fsp3) is 0.441. The van der Waals surface area contributed by atoms with Crippen LogP contribution >= 0.6 is 11.6 Å². The van der Waals surface area contributed by atoms with Gasteiger partial charge in [-0.25, -0.2) is 0 Å². The van der Waals surface area contributed by atoms with Crippen LogP contribution in [0.3, 0.4) is 0 Å². The zero-order valence-electron chi connectivity index (χ0n) is 24.3. The molecule has 0 amide bonds. The molecule has 6 atom stereocenters. The number of likely N-dealkylation sites (N-methyl/N-ethyl adjacent to an activating group) is 1. The number of halogens is 1. The molecule has 7 heteroatoms. The van der Waals surface area contributed by atoms with Crippen LogP contribution in [-0.2, 0) is 11.8 Å². The quantitative estimate of drug-likeness (QED) is 0.403. The molecule has 0 saturated carbocycles. The number of methoxy groups -OCH3 is 1. The van der Waals surface area contributed by atoms with Gasteiger partial charge in [-0.2, -0.15) is 0 Å². The molecule has 2 aliphatic carbocycles. The minimum Gasteiger partial charge on any atom is -0.493 e. The normalized spacial score (nSPS) is 27.9. The van der Waals surface area contributed by atoms with Crippen LogP contribution in [0.4, 0.5) is 0 Å². The van der Waals surface area contributed by atoms with Gasteiger partial charge in [0.15, 0.2) is 11.5 Å². The van der Waals surface area contributed by atoms with Crippen LogP contribution < -0.4 is 9.47 Å². The van der Waals surface area contributed by atoms with Crippen molar-refractivity contribution in [3.05, 3.63) is 100 Å². The Morgan fingerprint density at radius 2 is 1.95 bits per heavy atom. The number of hydrogen-bond acceptors (Lipinski definition) is 6. The zero-order chi connectivity index (χ0) is 28.7. The van der Waals surface area contributed by atoms with Crippen LogP contribution in [0.2, 0.25) is 5.02 Å². The first-order chi connectivity index (χ1) is 19.8. The molecule has 7 rings (SSSR count). The molecule has 1 fully saturated rings. The molecule has 0 radical (unpaired) electrons. The number of benzene rings is 2. The molecule has 1 saturated heterocycles. The Hall–Kier alpha value is -2.90. The first-order valence-corrected chi connectivity index (χ1v) is 15.0. The highest BCUT2D eigenvalue weighted by Crippen LogP contribution is 2.62. The van der Waals surface area contributed by atoms with E-state index in [1.165, 1.54) is 16.7 Å². The van der Waals surface area contributed by atoms with Gasteiger partial charge in [0.1, 0.15) is 12.2 Å². The summed E-state index contributed by atoms with van der Waals surface area (Å²) in [6.45, 7) is 2.08. The maximum atomic E-state index is 10.6. The van der Waals surface area contributed by atoms with E-state index in [4.69, 9.17) is 21.1 Å². The van der Waals surface area contributed by atoms with Crippen LogP contribution in [0.5, 0.6) is 11.5 Å². The Bertz CT molecular complexity index is 1400. The Morgan fingerprint density at radius 1 is 1.15 bits per heavy atom. The van der Waals surface area contributed by atoms with Gasteiger partial charge in [0, 0.05) is 45.8 Å². The number of aliphatic hydroxyl groups excluding tert-OH is 1. The Morgan fingerprint density at radius 3 is 2.66 bits per heavy atom. The molecule has 2 aliphatic heterocycles. The van der Waals surface area contributed by atoms with Crippen molar-refractivity contribution in [2.45, 2.75) is 48.8 Å². The number of aliphatic hydroxyl groups is 1. The van der Waals surface area contributed by atoms with Crippen molar-refractivity contribution in [1.82, 2.24) is 14.8 Å². The van der Waals surface area contributed by atoms with Crippen molar-refractivity contribution in [3.63, 3.8) is 0 Å². The lowest BCUT2D eigenvalue weighted by Crippen LogP contribution is -2.64. The van der Waals surface area contributed by atoms with Gasteiger partial charge in [0.25, 0.3) is 0 Å². The van der Waals surface area contributed by atoms with Crippen molar-refractivity contribution in [2.75, 3.05) is 41.3 Å². The van der Waals surface area contributed by atoms with E-state index in [2.05, 4.69) is 66.3 Å². The minimum absolute atomic E-state index is 0.0806. The number of likely N-dealkylation sites (tertiary alicyclic amines) is 1. The number of ether oxygens (including phenoxy) is 2. The van der Waals surface area contributed by atoms with Gasteiger partial charge < -0.3 is 24.4 Å². The first-order valence-electron chi connectivity index (χ1n) is 14.6. The average Bonchev–Trinajstić information content (AvgIpc) is 3.33. The number of piperidine rings is 1. The molecule has 3 aromatic rings. The molecule has 1 spiro atoms. The number of hydrogen-bond donors (Lipinski definition) is 1. The topological polar surface area (TPSA) is 58.1 Å². The van der Waals surface area contributed by atoms with Crippen LogP contribution in [0.25, 0.3) is 0 Å². The number of aromatic nitrogens is 1. The van der Waals surface area contributed by atoms with E-state index in [9.17, 15) is 5.11 Å². The molecule has 2 bridgehead atoms. The third-order valence-electron chi connectivity index (χ3n) is 9.54. The number of rotatable bonds is 6. The van der Waals surface area contributed by atoms with Crippen LogP contribution in [0, 0.1) is 5.92 Å². The number of pyridine rings is 1. The van der Waals surface area contributed by atoms with Crippen molar-refractivity contribution < 1.29 is 14.6 Å². The molecular weight excluding hydrogens is 534 g/mol. The van der Waals surface area contributed by atoms with Gasteiger partial charge in [0.2, 0.25) is 0 Å². The second-order valence-electron chi connectivity index (χ2n) is 12.1. The van der Waals surface area contributed by atoms with E-state index in [0.29, 0.717) is 17.9 Å². The summed E-state index contributed by atoms with van der Waals surface area (Å²) in [5.41, 5.74) is 4.99. The van der Waals surface area contributed by atoms with E-state index >= 15 is 0 Å². The molecule has 1 aromatic heterocycles. The van der Waals surface area contributed by atoms with E-state index in [1.54, 1.807) is 7.11 Å². The third-order valence-corrected chi connectivity index (χ3v) is 9.79. The maximum absolute atomic E-state index is 10.6. The van der Waals surface area contributed by atoms with E-state index in [-0.39, 0.29) is 11.5 Å². The van der Waals surface area contributed by atoms with E-state index in [0.717, 1.165) is 54.6 Å². The highest BCUT2D eigenvalue weighted by molar-refractivity contribution is 6.30. The minimum atomic E-state index is -0.539. The molecule has 41 heavy (non-hydrogen) atoms. The van der Waals surface area contributed by atoms with E-state index < -0.39 is 6.10 Å². The zero-order valence-corrected chi connectivity index (χ0v) is 25.1. The lowest BCUT2D eigenvalue weighted by atomic mass is 9.53. The average molecular weight is 574 g/mol. The predicted octanol–water partition coefficient (Wildman–Crippen LogP) is 5.32. The number of nitrogens with zero attached hydrogens (tertiary/aromatic N) is 3. The van der Waals surface area contributed by atoms with Gasteiger partial charge >= 0.3 is 0 Å². The smallest absolute Gasteiger partial charge is 0.165 e. The van der Waals surface area contributed by atoms with E-state index in [1.807, 2.05) is 42.6 Å². The van der Waals surface area contributed by atoms with Crippen molar-refractivity contribution >= 4 is 11.6 Å². The largest absolute Gasteiger partial charge is 0.493 e. The summed E-state index contributed by atoms with van der Waals surface area (Å²) >= 11 is 5.97. The maximum Gasteiger partial charge on any atom is 0.165 e. The highest BCUT2D eigenvalue weighted by atomic mass is 35.5.